The van der Waals surface area contributed by atoms with Gasteiger partial charge >= 0.3 is 0 Å². The summed E-state index contributed by atoms with van der Waals surface area (Å²) in [5.74, 6) is 0.155. The molecule has 24 heavy (non-hydrogen) atoms. The van der Waals surface area contributed by atoms with Gasteiger partial charge in [-0.05, 0) is 31.9 Å². The molecule has 1 atom stereocenters. The topological polar surface area (TPSA) is 59.2 Å². The summed E-state index contributed by atoms with van der Waals surface area (Å²) in [6.45, 7) is 4.96. The van der Waals surface area contributed by atoms with Crippen LogP contribution in [0, 0.1) is 6.92 Å². The third kappa shape index (κ3) is 4.03. The lowest BCUT2D eigenvalue weighted by molar-refractivity contribution is -0.131. The highest BCUT2D eigenvalue weighted by molar-refractivity contribution is 5.78. The first-order valence-corrected chi connectivity index (χ1v) is 8.46. The van der Waals surface area contributed by atoms with Gasteiger partial charge in [0.15, 0.2) is 0 Å². The van der Waals surface area contributed by atoms with Gasteiger partial charge in [-0.3, -0.25) is 19.1 Å². The molecule has 1 aliphatic rings. The number of hydrogen-bond donors (Lipinski definition) is 0. The summed E-state index contributed by atoms with van der Waals surface area (Å²) >= 11 is 0. The van der Waals surface area contributed by atoms with E-state index in [1.165, 1.54) is 5.56 Å². The fourth-order valence-corrected chi connectivity index (χ4v) is 3.30. The maximum atomic E-state index is 12.5. The van der Waals surface area contributed by atoms with Crippen molar-refractivity contribution in [1.29, 1.82) is 0 Å². The quantitative estimate of drug-likeness (QED) is 0.794. The Bertz CT molecular complexity index is 691. The molecule has 7 heteroatoms. The minimum Gasteiger partial charge on any atom is -0.340 e. The molecule has 7 nitrogen and oxygen atoms in total. The van der Waals surface area contributed by atoms with Crippen LogP contribution in [0.15, 0.2) is 24.8 Å². The summed E-state index contributed by atoms with van der Waals surface area (Å²) in [4.78, 5) is 16.6. The van der Waals surface area contributed by atoms with Crippen molar-refractivity contribution in [1.82, 2.24) is 29.4 Å². The van der Waals surface area contributed by atoms with E-state index < -0.39 is 0 Å². The van der Waals surface area contributed by atoms with Crippen LogP contribution in [0.3, 0.4) is 0 Å². The number of aromatic nitrogens is 4. The lowest BCUT2D eigenvalue weighted by atomic mass is 10.2. The average Bonchev–Trinajstić information content (AvgIpc) is 3.24. The normalized spacial score (nSPS) is 18.2. The van der Waals surface area contributed by atoms with Crippen molar-refractivity contribution in [3.05, 3.63) is 35.9 Å². The molecule has 1 saturated heterocycles. The van der Waals surface area contributed by atoms with Crippen LogP contribution in [0.25, 0.3) is 0 Å². The van der Waals surface area contributed by atoms with Gasteiger partial charge in [0.05, 0.1) is 25.5 Å². The zero-order chi connectivity index (χ0) is 17.1. The molecule has 0 aromatic carbocycles. The number of carbonyl (C=O) groups excluding carboxylic acids is 1. The van der Waals surface area contributed by atoms with Gasteiger partial charge in [0.25, 0.3) is 0 Å². The zero-order valence-corrected chi connectivity index (χ0v) is 14.7. The number of hydrogen-bond acceptors (Lipinski definition) is 4. The second-order valence-corrected chi connectivity index (χ2v) is 6.78. The highest BCUT2D eigenvalue weighted by Crippen LogP contribution is 2.19. The fraction of sp³-hybridized carbons (Fsp3) is 0.588. The van der Waals surface area contributed by atoms with Gasteiger partial charge in [-0.25, -0.2) is 0 Å². The van der Waals surface area contributed by atoms with E-state index in [4.69, 9.17) is 0 Å². The highest BCUT2D eigenvalue weighted by Gasteiger charge is 2.27. The minimum atomic E-state index is 0.155. The summed E-state index contributed by atoms with van der Waals surface area (Å²) in [5.41, 5.74) is 2.23. The first kappa shape index (κ1) is 16.7. The predicted octanol–water partition coefficient (Wildman–Crippen LogP) is 1.05. The number of likely N-dealkylation sites (N-methyl/N-ethyl adjacent to an activating group) is 1. The molecule has 2 aromatic heterocycles. The molecule has 0 spiro atoms. The lowest BCUT2D eigenvalue weighted by Gasteiger charge is -2.26. The highest BCUT2D eigenvalue weighted by atomic mass is 16.2. The van der Waals surface area contributed by atoms with Crippen molar-refractivity contribution < 1.29 is 4.79 Å². The Morgan fingerprint density at radius 3 is 2.83 bits per heavy atom. The zero-order valence-electron chi connectivity index (χ0n) is 14.7. The average molecular weight is 330 g/mol. The molecular formula is C17H26N6O. The molecule has 1 amide bonds. The van der Waals surface area contributed by atoms with E-state index >= 15 is 0 Å². The van der Waals surface area contributed by atoms with Crippen LogP contribution in [0.5, 0.6) is 0 Å². The Labute approximate surface area is 142 Å². The fourth-order valence-electron chi connectivity index (χ4n) is 3.30. The lowest BCUT2D eigenvalue weighted by Crippen LogP contribution is -2.41. The standard InChI is InChI=1S/C17H26N6O/c1-14-7-19-23(9-14)12-16-5-4-6-22(16)13-17(24)20(2)10-15-8-18-21(3)11-15/h7-9,11,16H,4-6,10,12-13H2,1-3H3/t16-/m0/s1. The van der Waals surface area contributed by atoms with Crippen molar-refractivity contribution in [2.45, 2.75) is 38.9 Å². The van der Waals surface area contributed by atoms with E-state index in [2.05, 4.69) is 21.3 Å². The molecule has 0 unspecified atom stereocenters. The molecule has 3 rings (SSSR count). The molecule has 0 aliphatic carbocycles. The summed E-state index contributed by atoms with van der Waals surface area (Å²) in [5, 5.41) is 8.52. The van der Waals surface area contributed by atoms with Crippen LogP contribution in [0.4, 0.5) is 0 Å². The van der Waals surface area contributed by atoms with Crippen LogP contribution >= 0.6 is 0 Å². The number of aryl methyl sites for hydroxylation is 2. The van der Waals surface area contributed by atoms with Gasteiger partial charge in [0, 0.05) is 44.6 Å². The van der Waals surface area contributed by atoms with Crippen molar-refractivity contribution in [2.24, 2.45) is 7.05 Å². The Morgan fingerprint density at radius 2 is 2.17 bits per heavy atom. The first-order valence-electron chi connectivity index (χ1n) is 8.46. The van der Waals surface area contributed by atoms with Crippen molar-refractivity contribution in [3.8, 4) is 0 Å². The second-order valence-electron chi connectivity index (χ2n) is 6.78. The summed E-state index contributed by atoms with van der Waals surface area (Å²) < 4.78 is 3.75. The Morgan fingerprint density at radius 1 is 1.33 bits per heavy atom. The van der Waals surface area contributed by atoms with E-state index in [1.54, 1.807) is 9.58 Å². The second kappa shape index (κ2) is 7.17. The SMILES string of the molecule is Cc1cnn(C[C@@H]2CCCN2CC(=O)N(C)Cc2cnn(C)c2)c1. The molecule has 1 aliphatic heterocycles. The van der Waals surface area contributed by atoms with Gasteiger partial charge in [-0.15, -0.1) is 0 Å². The molecule has 0 radical (unpaired) electrons. The Hall–Kier alpha value is -2.15. The van der Waals surface area contributed by atoms with Crippen molar-refractivity contribution >= 4 is 5.91 Å². The van der Waals surface area contributed by atoms with Gasteiger partial charge in [0.2, 0.25) is 5.91 Å². The number of carbonyl (C=O) groups is 1. The number of nitrogens with zero attached hydrogens (tertiary/aromatic N) is 6. The van der Waals surface area contributed by atoms with Gasteiger partial charge in [-0.2, -0.15) is 10.2 Å². The molecule has 0 saturated carbocycles. The molecule has 0 bridgehead atoms. The molecule has 130 valence electrons. The van der Waals surface area contributed by atoms with Gasteiger partial charge in [0.1, 0.15) is 0 Å². The summed E-state index contributed by atoms with van der Waals surface area (Å²) in [6, 6.07) is 0.389. The van der Waals surface area contributed by atoms with Crippen LogP contribution in [-0.2, 0) is 24.9 Å². The van der Waals surface area contributed by atoms with Crippen LogP contribution < -0.4 is 0 Å². The smallest absolute Gasteiger partial charge is 0.236 e. The maximum absolute atomic E-state index is 12.5. The van der Waals surface area contributed by atoms with E-state index in [9.17, 15) is 4.79 Å². The summed E-state index contributed by atoms with van der Waals surface area (Å²) in [6.07, 6.45) is 9.97. The maximum Gasteiger partial charge on any atom is 0.236 e. The molecule has 3 heterocycles. The minimum absolute atomic E-state index is 0.155. The van der Waals surface area contributed by atoms with E-state index in [-0.39, 0.29) is 5.91 Å². The van der Waals surface area contributed by atoms with Crippen LogP contribution in [0.2, 0.25) is 0 Å². The molecule has 2 aromatic rings. The molecule has 0 N–H and O–H groups in total. The van der Waals surface area contributed by atoms with Crippen LogP contribution in [0.1, 0.15) is 24.0 Å². The Kier molecular flexibility index (Phi) is 4.99. The number of amides is 1. The van der Waals surface area contributed by atoms with Crippen molar-refractivity contribution in [3.63, 3.8) is 0 Å². The predicted molar refractivity (Wildman–Crippen MR) is 91.2 cm³/mol. The monoisotopic (exact) mass is 330 g/mol. The van der Waals surface area contributed by atoms with Gasteiger partial charge < -0.3 is 4.90 Å². The van der Waals surface area contributed by atoms with Gasteiger partial charge in [-0.1, -0.05) is 0 Å². The van der Waals surface area contributed by atoms with Crippen molar-refractivity contribution in [2.75, 3.05) is 20.1 Å². The van der Waals surface area contributed by atoms with Crippen LogP contribution in [-0.4, -0.2) is 61.4 Å². The van der Waals surface area contributed by atoms with E-state index in [1.807, 2.05) is 44.3 Å². The largest absolute Gasteiger partial charge is 0.340 e. The molecular weight excluding hydrogens is 304 g/mol. The third-order valence-corrected chi connectivity index (χ3v) is 4.60. The number of rotatable bonds is 6. The number of likely N-dealkylation sites (tertiary alicyclic amines) is 1. The first-order chi connectivity index (χ1) is 11.5. The third-order valence-electron chi connectivity index (χ3n) is 4.60. The van der Waals surface area contributed by atoms with E-state index in [0.717, 1.165) is 31.5 Å². The molecule has 1 fully saturated rings. The summed E-state index contributed by atoms with van der Waals surface area (Å²) in [7, 11) is 3.74. The Balaban J connectivity index is 1.54. The van der Waals surface area contributed by atoms with E-state index in [0.29, 0.717) is 19.1 Å².